The average Bonchev–Trinajstić information content (AvgIpc) is 1.90. The van der Waals surface area contributed by atoms with Crippen molar-refractivity contribution in [3.63, 3.8) is 0 Å². The summed E-state index contributed by atoms with van der Waals surface area (Å²) in [6.45, 7) is 0. The van der Waals surface area contributed by atoms with Gasteiger partial charge in [-0.3, -0.25) is 4.79 Å². The van der Waals surface area contributed by atoms with Gasteiger partial charge in [-0.25, -0.2) is 0 Å². The molecule has 0 radical (unpaired) electrons. The molecule has 1 atom stereocenters. The second-order valence-corrected chi connectivity index (χ2v) is 4.81. The average molecular weight is 183 g/mol. The van der Waals surface area contributed by atoms with Crippen LogP contribution in [0.5, 0.6) is 0 Å². The van der Waals surface area contributed by atoms with Crippen LogP contribution in [-0.2, 0) is 4.79 Å². The van der Waals surface area contributed by atoms with Gasteiger partial charge in [-0.2, -0.15) is 0 Å². The fourth-order valence-electron chi connectivity index (χ4n) is 2.88. The summed E-state index contributed by atoms with van der Waals surface area (Å²) >= 11 is 0. The maximum Gasteiger partial charge on any atom is 0.320 e. The predicted molar refractivity (Wildman–Crippen MR) is 49.2 cm³/mol. The number of hydrogen-bond donors (Lipinski definition) is 2. The summed E-state index contributed by atoms with van der Waals surface area (Å²) in [6.07, 6.45) is 7.24. The highest BCUT2D eigenvalue weighted by atomic mass is 16.4. The van der Waals surface area contributed by atoms with Crippen LogP contribution in [0, 0.1) is 11.3 Å². The molecule has 13 heavy (non-hydrogen) atoms. The molecule has 0 aromatic carbocycles. The maximum atomic E-state index is 10.5. The first-order valence-corrected chi connectivity index (χ1v) is 5.10. The first-order valence-electron chi connectivity index (χ1n) is 5.10. The van der Waals surface area contributed by atoms with Crippen LogP contribution >= 0.6 is 0 Å². The third-order valence-electron chi connectivity index (χ3n) is 3.76. The lowest BCUT2D eigenvalue weighted by atomic mass is 9.51. The van der Waals surface area contributed by atoms with Crippen LogP contribution in [0.1, 0.15) is 38.5 Å². The highest BCUT2D eigenvalue weighted by Crippen LogP contribution is 2.59. The molecule has 3 heteroatoms. The zero-order valence-electron chi connectivity index (χ0n) is 7.83. The van der Waals surface area contributed by atoms with Crippen molar-refractivity contribution in [1.29, 1.82) is 0 Å². The largest absolute Gasteiger partial charge is 0.480 e. The first-order chi connectivity index (χ1) is 6.11. The lowest BCUT2D eigenvalue weighted by molar-refractivity contribution is -0.140. The SMILES string of the molecule is NC(CC1CC2(CCC2)C1)C(=O)O. The van der Waals surface area contributed by atoms with Gasteiger partial charge in [-0.15, -0.1) is 0 Å². The minimum Gasteiger partial charge on any atom is -0.480 e. The Hall–Kier alpha value is -0.570. The van der Waals surface area contributed by atoms with Gasteiger partial charge in [0.1, 0.15) is 6.04 Å². The Morgan fingerprint density at radius 3 is 2.54 bits per heavy atom. The third kappa shape index (κ3) is 1.57. The van der Waals surface area contributed by atoms with Crippen molar-refractivity contribution in [3.05, 3.63) is 0 Å². The Labute approximate surface area is 78.3 Å². The van der Waals surface area contributed by atoms with E-state index in [1.807, 2.05) is 0 Å². The molecular weight excluding hydrogens is 166 g/mol. The van der Waals surface area contributed by atoms with E-state index >= 15 is 0 Å². The van der Waals surface area contributed by atoms with Crippen LogP contribution in [0.25, 0.3) is 0 Å². The van der Waals surface area contributed by atoms with E-state index < -0.39 is 12.0 Å². The molecule has 0 saturated heterocycles. The normalized spacial score (nSPS) is 27.8. The van der Waals surface area contributed by atoms with Gasteiger partial charge in [0, 0.05) is 0 Å². The number of aliphatic carboxylic acids is 1. The number of carbonyl (C=O) groups is 1. The molecule has 2 rings (SSSR count). The van der Waals surface area contributed by atoms with E-state index in [4.69, 9.17) is 10.8 Å². The summed E-state index contributed by atoms with van der Waals surface area (Å²) < 4.78 is 0. The summed E-state index contributed by atoms with van der Waals surface area (Å²) in [4.78, 5) is 10.5. The van der Waals surface area contributed by atoms with Crippen LogP contribution in [-0.4, -0.2) is 17.1 Å². The van der Waals surface area contributed by atoms with Crippen LogP contribution in [0.15, 0.2) is 0 Å². The number of hydrogen-bond acceptors (Lipinski definition) is 2. The highest BCUT2D eigenvalue weighted by molar-refractivity contribution is 5.73. The Kier molecular flexibility index (Phi) is 2.06. The summed E-state index contributed by atoms with van der Waals surface area (Å²) in [5.41, 5.74) is 6.12. The second-order valence-electron chi connectivity index (χ2n) is 4.81. The Morgan fingerprint density at radius 1 is 1.54 bits per heavy atom. The Balaban J connectivity index is 1.71. The Morgan fingerprint density at radius 2 is 2.15 bits per heavy atom. The summed E-state index contributed by atoms with van der Waals surface area (Å²) in [5, 5.41) is 8.63. The summed E-state index contributed by atoms with van der Waals surface area (Å²) in [7, 11) is 0. The highest BCUT2D eigenvalue weighted by Gasteiger charge is 2.48. The molecule has 0 aliphatic heterocycles. The van der Waals surface area contributed by atoms with Gasteiger partial charge in [-0.1, -0.05) is 6.42 Å². The van der Waals surface area contributed by atoms with Gasteiger partial charge in [0.15, 0.2) is 0 Å². The zero-order valence-corrected chi connectivity index (χ0v) is 7.83. The van der Waals surface area contributed by atoms with Crippen LogP contribution in [0.2, 0.25) is 0 Å². The molecule has 0 aromatic rings. The van der Waals surface area contributed by atoms with E-state index in [-0.39, 0.29) is 0 Å². The molecule has 2 fully saturated rings. The predicted octanol–water partition coefficient (Wildman–Crippen LogP) is 1.37. The van der Waals surface area contributed by atoms with Gasteiger partial charge >= 0.3 is 5.97 Å². The van der Waals surface area contributed by atoms with Gasteiger partial charge in [0.05, 0.1) is 0 Å². The molecule has 0 amide bonds. The number of carboxylic acid groups (broad SMARTS) is 1. The third-order valence-corrected chi connectivity index (χ3v) is 3.76. The molecule has 0 bridgehead atoms. The fourth-order valence-corrected chi connectivity index (χ4v) is 2.88. The molecule has 2 aliphatic rings. The minimum absolute atomic E-state index is 0.589. The van der Waals surface area contributed by atoms with E-state index in [1.165, 1.54) is 32.1 Å². The minimum atomic E-state index is -0.852. The van der Waals surface area contributed by atoms with E-state index in [0.29, 0.717) is 17.8 Å². The summed E-state index contributed by atoms with van der Waals surface area (Å²) in [6, 6.07) is -0.637. The summed E-state index contributed by atoms with van der Waals surface area (Å²) in [5.74, 6) is -0.263. The van der Waals surface area contributed by atoms with Gasteiger partial charge in [0.25, 0.3) is 0 Å². The second kappa shape index (κ2) is 2.98. The molecular formula is C10H17NO2. The van der Waals surface area contributed by atoms with Gasteiger partial charge < -0.3 is 10.8 Å². The zero-order chi connectivity index (χ0) is 9.47. The monoisotopic (exact) mass is 183 g/mol. The van der Waals surface area contributed by atoms with Gasteiger partial charge in [-0.05, 0) is 43.4 Å². The van der Waals surface area contributed by atoms with Crippen molar-refractivity contribution in [3.8, 4) is 0 Å². The van der Waals surface area contributed by atoms with E-state index in [1.54, 1.807) is 0 Å². The lowest BCUT2D eigenvalue weighted by Gasteiger charge is -2.54. The smallest absolute Gasteiger partial charge is 0.320 e. The van der Waals surface area contributed by atoms with Crippen molar-refractivity contribution >= 4 is 5.97 Å². The molecule has 2 aliphatic carbocycles. The van der Waals surface area contributed by atoms with E-state index in [2.05, 4.69) is 0 Å². The quantitative estimate of drug-likeness (QED) is 0.694. The van der Waals surface area contributed by atoms with E-state index in [0.717, 1.165) is 0 Å². The van der Waals surface area contributed by atoms with Crippen LogP contribution in [0.4, 0.5) is 0 Å². The molecule has 1 spiro atoms. The standard InChI is InChI=1S/C10H17NO2/c11-8(9(12)13)4-7-5-10(6-7)2-1-3-10/h7-8H,1-6,11H2,(H,12,13). The maximum absolute atomic E-state index is 10.5. The molecule has 0 heterocycles. The number of nitrogens with two attached hydrogens (primary N) is 1. The van der Waals surface area contributed by atoms with Gasteiger partial charge in [0.2, 0.25) is 0 Å². The number of carboxylic acids is 1. The van der Waals surface area contributed by atoms with Crippen molar-refractivity contribution in [1.82, 2.24) is 0 Å². The van der Waals surface area contributed by atoms with Crippen molar-refractivity contribution in [2.45, 2.75) is 44.6 Å². The van der Waals surface area contributed by atoms with Crippen LogP contribution in [0.3, 0.4) is 0 Å². The molecule has 74 valence electrons. The fraction of sp³-hybridized carbons (Fsp3) is 0.900. The molecule has 2 saturated carbocycles. The molecule has 1 unspecified atom stereocenters. The first kappa shape index (κ1) is 9.00. The molecule has 3 nitrogen and oxygen atoms in total. The van der Waals surface area contributed by atoms with E-state index in [9.17, 15) is 4.79 Å². The topological polar surface area (TPSA) is 63.3 Å². The van der Waals surface area contributed by atoms with Crippen LogP contribution < -0.4 is 5.73 Å². The van der Waals surface area contributed by atoms with Crippen molar-refractivity contribution in [2.24, 2.45) is 17.1 Å². The Bertz CT molecular complexity index is 215. The van der Waals surface area contributed by atoms with Crippen molar-refractivity contribution in [2.75, 3.05) is 0 Å². The molecule has 3 N–H and O–H groups in total. The molecule has 0 aromatic heterocycles. The van der Waals surface area contributed by atoms with Crippen molar-refractivity contribution < 1.29 is 9.90 Å². The number of rotatable bonds is 3. The lowest BCUT2D eigenvalue weighted by Crippen LogP contribution is -2.45.